The summed E-state index contributed by atoms with van der Waals surface area (Å²) in [7, 11) is 0. The highest BCUT2D eigenvalue weighted by Crippen LogP contribution is 2.49. The Kier molecular flexibility index (Phi) is 6.56. The minimum atomic E-state index is -1.36. The van der Waals surface area contributed by atoms with E-state index in [0.717, 1.165) is 36.1 Å². The summed E-state index contributed by atoms with van der Waals surface area (Å²) >= 11 is 4.60. The summed E-state index contributed by atoms with van der Waals surface area (Å²) in [5.74, 6) is 2.30. The summed E-state index contributed by atoms with van der Waals surface area (Å²) in [5, 5.41) is 8.93. The first-order valence-electron chi connectivity index (χ1n) is 7.43. The fraction of sp³-hybridized carbons (Fsp3) is 0.786. The van der Waals surface area contributed by atoms with E-state index in [4.69, 9.17) is 9.84 Å². The van der Waals surface area contributed by atoms with Gasteiger partial charge in [0.25, 0.3) is 0 Å². The van der Waals surface area contributed by atoms with Gasteiger partial charge in [-0.3, -0.25) is 14.5 Å². The van der Waals surface area contributed by atoms with E-state index in [1.165, 1.54) is 6.92 Å². The van der Waals surface area contributed by atoms with Crippen LogP contribution in [0.2, 0.25) is 0 Å². The number of amides is 1. The number of hydrogen-bond acceptors (Lipinski definition) is 7. The summed E-state index contributed by atoms with van der Waals surface area (Å²) in [6.07, 6.45) is -0.431. The Bertz CT molecular complexity index is 481. The van der Waals surface area contributed by atoms with Gasteiger partial charge in [0.15, 0.2) is 11.3 Å². The zero-order valence-electron chi connectivity index (χ0n) is 13.1. The molecule has 23 heavy (non-hydrogen) atoms. The summed E-state index contributed by atoms with van der Waals surface area (Å²) in [6, 6.07) is 0. The maximum atomic E-state index is 12.9. The van der Waals surface area contributed by atoms with Gasteiger partial charge in [-0.25, -0.2) is 4.79 Å². The average Bonchev–Trinajstić information content (AvgIpc) is 2.82. The van der Waals surface area contributed by atoms with E-state index in [1.54, 1.807) is 23.6 Å². The molecule has 0 aromatic heterocycles. The highest BCUT2D eigenvalue weighted by Gasteiger charge is 2.52. The quantitative estimate of drug-likeness (QED) is 0.747. The van der Waals surface area contributed by atoms with Crippen LogP contribution < -0.4 is 0 Å². The highest BCUT2D eigenvalue weighted by molar-refractivity contribution is 8.13. The van der Waals surface area contributed by atoms with Crippen molar-refractivity contribution in [2.45, 2.75) is 37.8 Å². The topological polar surface area (TPSA) is 83.9 Å². The van der Waals surface area contributed by atoms with Gasteiger partial charge in [0.05, 0.1) is 10.6 Å². The summed E-state index contributed by atoms with van der Waals surface area (Å²) in [4.78, 5) is 36.3. The van der Waals surface area contributed by atoms with Crippen molar-refractivity contribution in [1.82, 2.24) is 4.90 Å². The molecule has 2 saturated heterocycles. The van der Waals surface area contributed by atoms with E-state index in [9.17, 15) is 14.4 Å². The first-order chi connectivity index (χ1) is 10.9. The summed E-state index contributed by atoms with van der Waals surface area (Å²) in [6.45, 7) is 3.26. The van der Waals surface area contributed by atoms with Crippen LogP contribution in [0.5, 0.6) is 0 Å². The Hall–Kier alpha value is -0.540. The molecule has 2 aliphatic heterocycles. The maximum Gasteiger partial charge on any atom is 0.507 e. The van der Waals surface area contributed by atoms with E-state index in [-0.39, 0.29) is 21.8 Å². The molecular formula is C14H21NO5S3. The van der Waals surface area contributed by atoms with Gasteiger partial charge in [0.2, 0.25) is 5.91 Å². The van der Waals surface area contributed by atoms with Crippen LogP contribution in [-0.4, -0.2) is 61.3 Å². The first-order valence-corrected chi connectivity index (χ1v) is 10.6. The standard InChI is InChI=1S/C14H21NO5S3/c1-9(7-22-10(2)16)12(17)15-11(20-13(18)19)8-23-14(15)3-5-21-6-4-14/h9,11H,3-8H2,1-2H3,(H,18,19)/t9-,11-/m1/s1. The summed E-state index contributed by atoms with van der Waals surface area (Å²) in [5.41, 5.74) is 0. The van der Waals surface area contributed by atoms with Gasteiger partial charge < -0.3 is 9.84 Å². The second kappa shape index (κ2) is 8.02. The van der Waals surface area contributed by atoms with Crippen LogP contribution in [0, 0.1) is 5.92 Å². The zero-order valence-corrected chi connectivity index (χ0v) is 15.6. The third-order valence-electron chi connectivity index (χ3n) is 3.93. The number of ether oxygens (including phenoxy) is 1. The fourth-order valence-electron chi connectivity index (χ4n) is 2.81. The molecule has 1 N–H and O–H groups in total. The van der Waals surface area contributed by atoms with Crippen LogP contribution >= 0.6 is 35.3 Å². The Morgan fingerprint density at radius 1 is 1.39 bits per heavy atom. The van der Waals surface area contributed by atoms with E-state index in [0.29, 0.717) is 11.5 Å². The molecule has 0 radical (unpaired) electrons. The predicted octanol–water partition coefficient (Wildman–Crippen LogP) is 2.72. The monoisotopic (exact) mass is 379 g/mol. The van der Waals surface area contributed by atoms with Gasteiger partial charge in [-0.15, -0.1) is 11.8 Å². The molecular weight excluding hydrogens is 358 g/mol. The van der Waals surface area contributed by atoms with Gasteiger partial charge in [0, 0.05) is 18.6 Å². The number of carbonyl (C=O) groups is 3. The van der Waals surface area contributed by atoms with Crippen LogP contribution in [0.3, 0.4) is 0 Å². The molecule has 130 valence electrons. The third-order valence-corrected chi connectivity index (χ3v) is 7.58. The van der Waals surface area contributed by atoms with Crippen molar-refractivity contribution in [2.75, 3.05) is 23.0 Å². The number of carboxylic acid groups (broad SMARTS) is 1. The normalized spacial score (nSPS) is 24.4. The third kappa shape index (κ3) is 4.51. The molecule has 2 heterocycles. The number of thioether (sulfide) groups is 3. The van der Waals surface area contributed by atoms with Gasteiger partial charge in [-0.1, -0.05) is 18.7 Å². The number of rotatable bonds is 4. The van der Waals surface area contributed by atoms with Crippen molar-refractivity contribution in [3.05, 3.63) is 0 Å². The van der Waals surface area contributed by atoms with E-state index in [1.807, 2.05) is 11.8 Å². The van der Waals surface area contributed by atoms with Crippen LogP contribution in [-0.2, 0) is 14.3 Å². The van der Waals surface area contributed by atoms with Gasteiger partial charge in [0.1, 0.15) is 0 Å². The Labute approximate surface area is 148 Å². The van der Waals surface area contributed by atoms with Gasteiger partial charge in [-0.05, 0) is 24.3 Å². The minimum Gasteiger partial charge on any atom is -0.450 e. The van der Waals surface area contributed by atoms with Crippen molar-refractivity contribution >= 4 is 52.5 Å². The molecule has 2 aliphatic rings. The molecule has 9 heteroatoms. The highest BCUT2D eigenvalue weighted by atomic mass is 32.2. The number of carbonyl (C=O) groups excluding carboxylic acids is 2. The smallest absolute Gasteiger partial charge is 0.450 e. The molecule has 2 atom stereocenters. The Balaban J connectivity index is 2.16. The molecule has 0 aromatic rings. The van der Waals surface area contributed by atoms with E-state index < -0.39 is 12.4 Å². The minimum absolute atomic E-state index is 0.0254. The van der Waals surface area contributed by atoms with Crippen LogP contribution in [0.1, 0.15) is 26.7 Å². The summed E-state index contributed by atoms with van der Waals surface area (Å²) < 4.78 is 4.97. The number of nitrogens with zero attached hydrogens (tertiary/aromatic N) is 1. The van der Waals surface area contributed by atoms with E-state index >= 15 is 0 Å². The molecule has 0 saturated carbocycles. The molecule has 6 nitrogen and oxygen atoms in total. The average molecular weight is 380 g/mol. The van der Waals surface area contributed by atoms with Gasteiger partial charge >= 0.3 is 6.16 Å². The van der Waals surface area contributed by atoms with Crippen LogP contribution in [0.15, 0.2) is 0 Å². The van der Waals surface area contributed by atoms with Crippen LogP contribution in [0.4, 0.5) is 4.79 Å². The molecule has 2 rings (SSSR count). The Morgan fingerprint density at radius 2 is 2.04 bits per heavy atom. The predicted molar refractivity (Wildman–Crippen MR) is 93.8 cm³/mol. The zero-order chi connectivity index (χ0) is 17.0. The lowest BCUT2D eigenvalue weighted by atomic mass is 10.1. The van der Waals surface area contributed by atoms with Crippen molar-refractivity contribution in [3.63, 3.8) is 0 Å². The second-order valence-electron chi connectivity index (χ2n) is 5.62. The SMILES string of the molecule is CC(=O)SC[C@@H](C)C(=O)N1[C@H](OC(=O)O)CSC12CCSCC2. The lowest BCUT2D eigenvalue weighted by Gasteiger charge is -2.42. The molecule has 1 spiro atoms. The lowest BCUT2D eigenvalue weighted by molar-refractivity contribution is -0.148. The van der Waals surface area contributed by atoms with Crippen molar-refractivity contribution in [2.24, 2.45) is 5.92 Å². The molecule has 0 aromatic carbocycles. The van der Waals surface area contributed by atoms with Crippen LogP contribution in [0.25, 0.3) is 0 Å². The largest absolute Gasteiger partial charge is 0.507 e. The molecule has 0 bridgehead atoms. The van der Waals surface area contributed by atoms with Crippen molar-refractivity contribution < 1.29 is 24.2 Å². The molecule has 2 fully saturated rings. The fourth-order valence-corrected chi connectivity index (χ4v) is 6.37. The van der Waals surface area contributed by atoms with Crippen molar-refractivity contribution in [1.29, 1.82) is 0 Å². The second-order valence-corrected chi connectivity index (χ2v) is 9.42. The molecule has 0 unspecified atom stereocenters. The number of hydrogen-bond donors (Lipinski definition) is 1. The lowest BCUT2D eigenvalue weighted by Crippen LogP contribution is -2.54. The first kappa shape index (κ1) is 18.8. The molecule has 1 amide bonds. The van der Waals surface area contributed by atoms with Crippen molar-refractivity contribution in [3.8, 4) is 0 Å². The molecule has 0 aliphatic carbocycles. The Morgan fingerprint density at radius 3 is 2.61 bits per heavy atom. The maximum absolute atomic E-state index is 12.9. The van der Waals surface area contributed by atoms with E-state index in [2.05, 4.69) is 0 Å². The van der Waals surface area contributed by atoms with Gasteiger partial charge in [-0.2, -0.15) is 11.8 Å².